The Morgan fingerprint density at radius 3 is 2.61 bits per heavy atom. The van der Waals surface area contributed by atoms with Crippen LogP contribution >= 0.6 is 11.8 Å². The highest BCUT2D eigenvalue weighted by atomic mass is 32.2. The van der Waals surface area contributed by atoms with Gasteiger partial charge < -0.3 is 10.6 Å². The number of aromatic nitrogens is 2. The number of hydrogen-bond donors (Lipinski definition) is 2. The lowest BCUT2D eigenvalue weighted by Gasteiger charge is -2.13. The first-order chi connectivity index (χ1) is 15.0. The summed E-state index contributed by atoms with van der Waals surface area (Å²) in [5.41, 5.74) is 10.00. The molecule has 0 unspecified atom stereocenters. The van der Waals surface area contributed by atoms with Gasteiger partial charge in [0.15, 0.2) is 5.69 Å². The van der Waals surface area contributed by atoms with Crippen molar-refractivity contribution in [1.29, 1.82) is 5.41 Å². The van der Waals surface area contributed by atoms with Crippen LogP contribution < -0.4 is 15.2 Å². The number of thioether (sulfide) groups is 1. The lowest BCUT2D eigenvalue weighted by Crippen LogP contribution is -2.40. The highest BCUT2D eigenvalue weighted by Gasteiger charge is 2.24. The van der Waals surface area contributed by atoms with Crippen LogP contribution in [0.5, 0.6) is 0 Å². The van der Waals surface area contributed by atoms with E-state index in [0.717, 1.165) is 42.2 Å². The molecule has 2 aromatic carbocycles. The van der Waals surface area contributed by atoms with Crippen molar-refractivity contribution in [2.75, 3.05) is 11.9 Å². The number of nitrogens with two attached hydrogens (primary N) is 1. The molecule has 3 aromatic rings. The number of nitrogens with zero attached hydrogens (tertiary/aromatic N) is 3. The minimum absolute atomic E-state index is 0.249. The molecule has 31 heavy (non-hydrogen) atoms. The van der Waals surface area contributed by atoms with E-state index in [4.69, 9.17) is 16.1 Å². The Bertz CT molecular complexity index is 1120. The van der Waals surface area contributed by atoms with E-state index in [1.807, 2.05) is 6.07 Å². The number of amidine groups is 1. The zero-order valence-electron chi connectivity index (χ0n) is 18.0. The normalized spacial score (nSPS) is 14.1. The maximum absolute atomic E-state index is 7.46. The molecule has 0 radical (unpaired) electrons. The summed E-state index contributed by atoms with van der Waals surface area (Å²) >= 11 is 1.78. The third-order valence-electron chi connectivity index (χ3n) is 5.38. The number of nitrogens with one attached hydrogen (secondary N) is 1. The molecule has 158 valence electrons. The van der Waals surface area contributed by atoms with Crippen molar-refractivity contribution < 1.29 is 4.57 Å². The predicted molar refractivity (Wildman–Crippen MR) is 129 cm³/mol. The van der Waals surface area contributed by atoms with Crippen LogP contribution in [0.4, 0.5) is 5.69 Å². The summed E-state index contributed by atoms with van der Waals surface area (Å²) in [7, 11) is 2.10. The average Bonchev–Trinajstić information content (AvgIpc) is 3.07. The van der Waals surface area contributed by atoms with Crippen molar-refractivity contribution in [3.05, 3.63) is 82.9 Å². The number of anilines is 1. The first-order valence-corrected chi connectivity index (χ1v) is 11.4. The molecule has 0 aliphatic carbocycles. The van der Waals surface area contributed by atoms with E-state index in [0.29, 0.717) is 6.42 Å². The molecule has 5 nitrogen and oxygen atoms in total. The number of rotatable bonds is 7. The Morgan fingerprint density at radius 2 is 1.87 bits per heavy atom. The van der Waals surface area contributed by atoms with E-state index in [2.05, 4.69) is 84.1 Å². The van der Waals surface area contributed by atoms with E-state index in [9.17, 15) is 0 Å². The summed E-state index contributed by atoms with van der Waals surface area (Å²) in [4.78, 5) is 8.54. The number of fused-ring (bicyclic) bond motifs is 1. The fourth-order valence-corrected chi connectivity index (χ4v) is 4.95. The summed E-state index contributed by atoms with van der Waals surface area (Å²) in [5, 5.41) is 8.64. The maximum Gasteiger partial charge on any atom is 0.304 e. The van der Waals surface area contributed by atoms with Crippen molar-refractivity contribution >= 4 is 29.4 Å². The Morgan fingerprint density at radius 1 is 1.13 bits per heavy atom. The monoisotopic (exact) mass is 430 g/mol. The van der Waals surface area contributed by atoms with Gasteiger partial charge in [-0.1, -0.05) is 42.1 Å². The second-order valence-corrected chi connectivity index (χ2v) is 8.82. The smallest absolute Gasteiger partial charge is 0.304 e. The first-order valence-electron chi connectivity index (χ1n) is 10.6. The van der Waals surface area contributed by atoms with Gasteiger partial charge in [-0.15, -0.1) is 0 Å². The molecule has 0 spiro atoms. The van der Waals surface area contributed by atoms with Crippen LogP contribution in [-0.2, 0) is 6.42 Å². The number of aryl methyl sites for hydroxylation is 2. The molecule has 0 atom stereocenters. The highest BCUT2D eigenvalue weighted by molar-refractivity contribution is 8.03. The molecule has 1 aromatic heterocycles. The second kappa shape index (κ2) is 9.35. The summed E-state index contributed by atoms with van der Waals surface area (Å²) in [6.07, 6.45) is 5.48. The largest absolute Gasteiger partial charge is 0.388 e. The number of unbranched alkanes of at least 4 members (excludes halogenated alkanes) is 1. The standard InChI is InChI=1S/C25H28N5S/c1-18-16-19(17-25-29(2)21-12-6-7-13-22(21)31-25)28-24(15-9-8-14-23(26)27)30(18)20-10-4-3-5-11-20/h3-7,10-13,16-17H,8-9,14-15H2,1-2H3,(H3,26,27)/q+1. The van der Waals surface area contributed by atoms with E-state index >= 15 is 0 Å². The van der Waals surface area contributed by atoms with Gasteiger partial charge in [0.2, 0.25) is 0 Å². The summed E-state index contributed by atoms with van der Waals surface area (Å²) in [5.74, 6) is 1.28. The molecule has 0 saturated carbocycles. The Kier molecular flexibility index (Phi) is 6.37. The van der Waals surface area contributed by atoms with Crippen LogP contribution in [0, 0.1) is 12.3 Å². The van der Waals surface area contributed by atoms with Gasteiger partial charge in [-0.3, -0.25) is 5.41 Å². The second-order valence-electron chi connectivity index (χ2n) is 7.75. The fraction of sp³-hybridized carbons (Fsp3) is 0.240. The van der Waals surface area contributed by atoms with Crippen molar-refractivity contribution in [3.8, 4) is 5.69 Å². The first kappa shape index (κ1) is 21.1. The Balaban J connectivity index is 1.67. The molecule has 3 N–H and O–H groups in total. The Labute approximate surface area is 188 Å². The zero-order valence-corrected chi connectivity index (χ0v) is 18.8. The van der Waals surface area contributed by atoms with E-state index in [-0.39, 0.29) is 5.84 Å². The molecular formula is C25H28N5S+. The number of hydrogen-bond acceptors (Lipinski definition) is 4. The van der Waals surface area contributed by atoms with Gasteiger partial charge in [0, 0.05) is 30.5 Å². The van der Waals surface area contributed by atoms with Crippen LogP contribution in [-0.4, -0.2) is 17.9 Å². The summed E-state index contributed by atoms with van der Waals surface area (Å²) in [6.45, 7) is 2.13. The summed E-state index contributed by atoms with van der Waals surface area (Å²) < 4.78 is 2.23. The van der Waals surface area contributed by atoms with Crippen LogP contribution in [0.25, 0.3) is 11.8 Å². The van der Waals surface area contributed by atoms with Gasteiger partial charge in [-0.2, -0.15) is 4.57 Å². The van der Waals surface area contributed by atoms with Crippen molar-refractivity contribution in [1.82, 2.24) is 4.98 Å². The molecular weight excluding hydrogens is 402 g/mol. The van der Waals surface area contributed by atoms with Gasteiger partial charge in [0.05, 0.1) is 23.0 Å². The molecule has 1 aliphatic heterocycles. The molecule has 0 fully saturated rings. The van der Waals surface area contributed by atoms with Crippen molar-refractivity contribution in [3.63, 3.8) is 0 Å². The molecule has 0 bridgehead atoms. The van der Waals surface area contributed by atoms with Crippen molar-refractivity contribution in [2.24, 2.45) is 5.73 Å². The van der Waals surface area contributed by atoms with Crippen LogP contribution in [0.3, 0.4) is 0 Å². The van der Waals surface area contributed by atoms with E-state index < -0.39 is 0 Å². The number of benzene rings is 2. The molecule has 4 rings (SSSR count). The minimum atomic E-state index is 0.249. The lowest BCUT2D eigenvalue weighted by molar-refractivity contribution is -0.615. The zero-order chi connectivity index (χ0) is 21.8. The highest BCUT2D eigenvalue weighted by Crippen LogP contribution is 2.45. The van der Waals surface area contributed by atoms with Crippen LogP contribution in [0.1, 0.15) is 36.5 Å². The van der Waals surface area contributed by atoms with Gasteiger partial charge in [-0.05, 0) is 49.0 Å². The Hall–Kier alpha value is -3.12. The van der Waals surface area contributed by atoms with E-state index in [1.165, 1.54) is 15.6 Å². The van der Waals surface area contributed by atoms with E-state index in [1.54, 1.807) is 11.8 Å². The molecule has 2 heterocycles. The molecule has 0 amide bonds. The van der Waals surface area contributed by atoms with Crippen LogP contribution in [0.15, 0.2) is 70.6 Å². The van der Waals surface area contributed by atoms with Gasteiger partial charge in [0.1, 0.15) is 11.4 Å². The average molecular weight is 431 g/mol. The van der Waals surface area contributed by atoms with Gasteiger partial charge in [-0.25, -0.2) is 0 Å². The lowest BCUT2D eigenvalue weighted by atomic mass is 10.1. The van der Waals surface area contributed by atoms with Gasteiger partial charge >= 0.3 is 5.82 Å². The van der Waals surface area contributed by atoms with Crippen molar-refractivity contribution in [2.45, 2.75) is 37.5 Å². The molecule has 1 aliphatic rings. The predicted octanol–water partition coefficient (Wildman–Crippen LogP) is 4.86. The summed E-state index contributed by atoms with van der Waals surface area (Å²) in [6, 6.07) is 21.0. The molecule has 6 heteroatoms. The topological polar surface area (TPSA) is 69.9 Å². The fourth-order valence-electron chi connectivity index (χ4n) is 3.86. The molecule has 0 saturated heterocycles. The van der Waals surface area contributed by atoms with Gasteiger partial charge in [0.25, 0.3) is 0 Å². The quantitative estimate of drug-likeness (QED) is 0.243. The number of para-hydroxylation sites is 2. The SMILES string of the molecule is Cc1cc(C=C2Sc3ccccc3N2C)nc(CCCCC(=N)N)[n+]1-c1ccccc1. The minimum Gasteiger partial charge on any atom is -0.388 e. The maximum atomic E-state index is 7.46. The third kappa shape index (κ3) is 4.80. The van der Waals surface area contributed by atoms with Crippen LogP contribution in [0.2, 0.25) is 0 Å². The third-order valence-corrected chi connectivity index (χ3v) is 6.55.